The van der Waals surface area contributed by atoms with Crippen molar-refractivity contribution in [1.29, 1.82) is 0 Å². The van der Waals surface area contributed by atoms with Gasteiger partial charge in [0.15, 0.2) is 5.13 Å². The van der Waals surface area contributed by atoms with E-state index in [2.05, 4.69) is 36.3 Å². The minimum Gasteiger partial charge on any atom is -0.395 e. The van der Waals surface area contributed by atoms with Gasteiger partial charge in [-0.25, -0.2) is 4.98 Å². The topological polar surface area (TPSA) is 45.1 Å². The van der Waals surface area contributed by atoms with Crippen LogP contribution in [0.25, 0.3) is 0 Å². The van der Waals surface area contributed by atoms with Crippen molar-refractivity contribution in [2.45, 2.75) is 32.6 Å². The third kappa shape index (κ3) is 3.14. The number of aliphatic hydroxyl groups excluding tert-OH is 1. The van der Waals surface area contributed by atoms with Crippen LogP contribution in [0.1, 0.15) is 31.5 Å². The highest BCUT2D eigenvalue weighted by molar-refractivity contribution is 7.13. The van der Waals surface area contributed by atoms with Crippen LogP contribution >= 0.6 is 11.3 Å². The standard InChI is InChI=1S/C15H20N2OS/c1-4-15(3,10-18)13-9-19-14(17-13)16-12-7-5-11(2)6-8-12/h5-9,18H,4,10H2,1-3H3,(H,16,17). The average molecular weight is 276 g/mol. The first-order valence-corrected chi connectivity index (χ1v) is 7.36. The number of nitrogens with zero attached hydrogens (tertiary/aromatic N) is 1. The molecule has 19 heavy (non-hydrogen) atoms. The lowest BCUT2D eigenvalue weighted by Gasteiger charge is -2.22. The molecule has 0 aliphatic carbocycles. The van der Waals surface area contributed by atoms with E-state index >= 15 is 0 Å². The third-order valence-electron chi connectivity index (χ3n) is 3.55. The fourth-order valence-electron chi connectivity index (χ4n) is 1.74. The van der Waals surface area contributed by atoms with Crippen LogP contribution in [-0.2, 0) is 5.41 Å². The number of aliphatic hydroxyl groups is 1. The molecular formula is C15H20N2OS. The van der Waals surface area contributed by atoms with Gasteiger partial charge in [0, 0.05) is 16.5 Å². The summed E-state index contributed by atoms with van der Waals surface area (Å²) in [6.45, 7) is 6.30. The Balaban J connectivity index is 2.15. The summed E-state index contributed by atoms with van der Waals surface area (Å²) in [7, 11) is 0. The Hall–Kier alpha value is -1.39. The first-order chi connectivity index (χ1) is 9.07. The Morgan fingerprint density at radius 1 is 1.32 bits per heavy atom. The molecule has 1 aromatic carbocycles. The molecule has 1 heterocycles. The number of nitrogens with one attached hydrogen (secondary N) is 1. The molecule has 0 saturated heterocycles. The van der Waals surface area contributed by atoms with Crippen molar-refractivity contribution in [3.05, 3.63) is 40.9 Å². The number of aryl methyl sites for hydroxylation is 1. The minimum absolute atomic E-state index is 0.122. The van der Waals surface area contributed by atoms with Crippen molar-refractivity contribution >= 4 is 22.2 Å². The Morgan fingerprint density at radius 2 is 2.00 bits per heavy atom. The second-order valence-corrected chi connectivity index (χ2v) is 5.96. The van der Waals surface area contributed by atoms with Crippen LogP contribution in [0, 0.1) is 6.92 Å². The Morgan fingerprint density at radius 3 is 2.58 bits per heavy atom. The summed E-state index contributed by atoms with van der Waals surface area (Å²) < 4.78 is 0. The molecular weight excluding hydrogens is 256 g/mol. The van der Waals surface area contributed by atoms with Gasteiger partial charge in [-0.1, -0.05) is 31.5 Å². The van der Waals surface area contributed by atoms with Crippen molar-refractivity contribution in [2.75, 3.05) is 11.9 Å². The van der Waals surface area contributed by atoms with Gasteiger partial charge in [-0.3, -0.25) is 0 Å². The van der Waals surface area contributed by atoms with E-state index in [-0.39, 0.29) is 12.0 Å². The second-order valence-electron chi connectivity index (χ2n) is 5.10. The number of anilines is 2. The number of hydrogen-bond acceptors (Lipinski definition) is 4. The van der Waals surface area contributed by atoms with Crippen LogP contribution in [0.3, 0.4) is 0 Å². The molecule has 0 aliphatic rings. The molecule has 0 amide bonds. The van der Waals surface area contributed by atoms with E-state index in [1.807, 2.05) is 24.4 Å². The quantitative estimate of drug-likeness (QED) is 0.871. The van der Waals surface area contributed by atoms with Crippen molar-refractivity contribution < 1.29 is 5.11 Å². The van der Waals surface area contributed by atoms with Gasteiger partial charge in [0.2, 0.25) is 0 Å². The zero-order chi connectivity index (χ0) is 13.9. The number of rotatable bonds is 5. The number of hydrogen-bond donors (Lipinski definition) is 2. The number of aromatic nitrogens is 1. The van der Waals surface area contributed by atoms with Gasteiger partial charge in [0.05, 0.1) is 12.3 Å². The largest absolute Gasteiger partial charge is 0.395 e. The maximum Gasteiger partial charge on any atom is 0.187 e. The molecule has 0 saturated carbocycles. The molecule has 1 aromatic heterocycles. The van der Waals surface area contributed by atoms with Crippen molar-refractivity contribution in [3.63, 3.8) is 0 Å². The monoisotopic (exact) mass is 276 g/mol. The van der Waals surface area contributed by atoms with E-state index in [1.54, 1.807) is 11.3 Å². The smallest absolute Gasteiger partial charge is 0.187 e. The van der Waals surface area contributed by atoms with E-state index in [0.717, 1.165) is 22.9 Å². The lowest BCUT2D eigenvalue weighted by molar-refractivity contribution is 0.198. The molecule has 0 bridgehead atoms. The summed E-state index contributed by atoms with van der Waals surface area (Å²) in [5, 5.41) is 15.7. The summed E-state index contributed by atoms with van der Waals surface area (Å²) >= 11 is 1.57. The van der Waals surface area contributed by atoms with E-state index in [1.165, 1.54) is 5.56 Å². The molecule has 1 unspecified atom stereocenters. The lowest BCUT2D eigenvalue weighted by atomic mass is 9.86. The Labute approximate surface area is 118 Å². The van der Waals surface area contributed by atoms with Crippen molar-refractivity contribution in [3.8, 4) is 0 Å². The summed E-state index contributed by atoms with van der Waals surface area (Å²) in [6, 6.07) is 8.23. The molecule has 0 spiro atoms. The van der Waals surface area contributed by atoms with Crippen LogP contribution in [0.5, 0.6) is 0 Å². The van der Waals surface area contributed by atoms with Crippen LogP contribution < -0.4 is 5.32 Å². The van der Waals surface area contributed by atoms with Crippen molar-refractivity contribution in [2.24, 2.45) is 0 Å². The van der Waals surface area contributed by atoms with Crippen LogP contribution in [-0.4, -0.2) is 16.7 Å². The lowest BCUT2D eigenvalue weighted by Crippen LogP contribution is -2.25. The predicted octanol–water partition coefficient (Wildman–Crippen LogP) is 3.86. The van der Waals surface area contributed by atoms with Gasteiger partial charge in [-0.15, -0.1) is 11.3 Å². The molecule has 2 N–H and O–H groups in total. The van der Waals surface area contributed by atoms with Crippen molar-refractivity contribution in [1.82, 2.24) is 4.98 Å². The summed E-state index contributed by atoms with van der Waals surface area (Å²) in [6.07, 6.45) is 0.872. The third-order valence-corrected chi connectivity index (χ3v) is 4.31. The van der Waals surface area contributed by atoms with E-state index in [9.17, 15) is 5.11 Å². The Kier molecular flexibility index (Phi) is 4.22. The molecule has 4 heteroatoms. The van der Waals surface area contributed by atoms with Gasteiger partial charge in [-0.2, -0.15) is 0 Å². The van der Waals surface area contributed by atoms with Crippen LogP contribution in [0.2, 0.25) is 0 Å². The zero-order valence-corrected chi connectivity index (χ0v) is 12.4. The van der Waals surface area contributed by atoms with Gasteiger partial charge in [0.1, 0.15) is 0 Å². The summed E-state index contributed by atoms with van der Waals surface area (Å²) in [4.78, 5) is 4.59. The van der Waals surface area contributed by atoms with Gasteiger partial charge in [-0.05, 0) is 25.5 Å². The van der Waals surface area contributed by atoms with Crippen LogP contribution in [0.4, 0.5) is 10.8 Å². The molecule has 0 aliphatic heterocycles. The molecule has 1 atom stereocenters. The maximum absolute atomic E-state index is 9.51. The van der Waals surface area contributed by atoms with Crippen LogP contribution in [0.15, 0.2) is 29.6 Å². The summed E-state index contributed by atoms with van der Waals surface area (Å²) in [5.74, 6) is 0. The molecule has 3 nitrogen and oxygen atoms in total. The number of benzene rings is 1. The number of thiazole rings is 1. The fraction of sp³-hybridized carbons (Fsp3) is 0.400. The molecule has 2 rings (SSSR count). The molecule has 0 radical (unpaired) electrons. The van der Waals surface area contributed by atoms with Gasteiger partial charge >= 0.3 is 0 Å². The Bertz CT molecular complexity index is 529. The SMILES string of the molecule is CCC(C)(CO)c1csc(Nc2ccc(C)cc2)n1. The normalized spacial score (nSPS) is 14.1. The van der Waals surface area contributed by atoms with Gasteiger partial charge in [0.25, 0.3) is 0 Å². The van der Waals surface area contributed by atoms with E-state index in [4.69, 9.17) is 0 Å². The van der Waals surface area contributed by atoms with E-state index in [0.29, 0.717) is 0 Å². The molecule has 2 aromatic rings. The first kappa shape index (κ1) is 14.0. The molecule has 0 fully saturated rings. The van der Waals surface area contributed by atoms with E-state index < -0.39 is 0 Å². The highest BCUT2D eigenvalue weighted by atomic mass is 32.1. The highest BCUT2D eigenvalue weighted by Gasteiger charge is 2.26. The highest BCUT2D eigenvalue weighted by Crippen LogP contribution is 2.31. The predicted molar refractivity (Wildman–Crippen MR) is 81.3 cm³/mol. The molecule has 102 valence electrons. The minimum atomic E-state index is -0.246. The zero-order valence-electron chi connectivity index (χ0n) is 11.6. The first-order valence-electron chi connectivity index (χ1n) is 6.48. The van der Waals surface area contributed by atoms with Gasteiger partial charge < -0.3 is 10.4 Å². The maximum atomic E-state index is 9.51. The fourth-order valence-corrected chi connectivity index (χ4v) is 2.63. The average Bonchev–Trinajstić information content (AvgIpc) is 2.89. The second kappa shape index (κ2) is 5.72. The summed E-state index contributed by atoms with van der Waals surface area (Å²) in [5.41, 5.74) is 2.99.